The maximum atomic E-state index is 10.9. The van der Waals surface area contributed by atoms with Gasteiger partial charge in [0.2, 0.25) is 0 Å². The number of rotatable bonds is 9. The fraction of sp³-hybridized carbons (Fsp3) is 0.611. The molecule has 1 fully saturated rings. The van der Waals surface area contributed by atoms with E-state index >= 15 is 0 Å². The van der Waals surface area contributed by atoms with Gasteiger partial charge < -0.3 is 15.2 Å². The Morgan fingerprint density at radius 2 is 2.13 bits per heavy atom. The van der Waals surface area contributed by atoms with E-state index in [-0.39, 0.29) is 6.10 Å². The molecule has 2 atom stereocenters. The fourth-order valence-electron chi connectivity index (χ4n) is 2.90. The first-order valence-electron chi connectivity index (χ1n) is 8.51. The van der Waals surface area contributed by atoms with Crippen LogP contribution in [0.2, 0.25) is 5.02 Å². The van der Waals surface area contributed by atoms with Crippen molar-refractivity contribution < 1.29 is 14.6 Å². The molecule has 1 aromatic carbocycles. The van der Waals surface area contributed by atoms with E-state index in [4.69, 9.17) is 21.4 Å². The van der Waals surface area contributed by atoms with Crippen molar-refractivity contribution in [2.24, 2.45) is 0 Å². The van der Waals surface area contributed by atoms with Crippen LogP contribution in [0.1, 0.15) is 51.0 Å². The number of carboxylic acid groups (broad SMARTS) is 1. The van der Waals surface area contributed by atoms with Crippen molar-refractivity contribution in [2.45, 2.75) is 64.0 Å². The molecule has 0 saturated carbocycles. The predicted molar refractivity (Wildman–Crippen MR) is 92.4 cm³/mol. The smallest absolute Gasteiger partial charge is 0.320 e. The minimum absolute atomic E-state index is 0.118. The first-order chi connectivity index (χ1) is 11.1. The number of hydrogen-bond acceptors (Lipinski definition) is 3. The first kappa shape index (κ1) is 18.1. The van der Waals surface area contributed by atoms with Crippen molar-refractivity contribution in [2.75, 3.05) is 6.54 Å². The third-order valence-electron chi connectivity index (χ3n) is 4.27. The maximum Gasteiger partial charge on any atom is 0.320 e. The van der Waals surface area contributed by atoms with Gasteiger partial charge in [0.05, 0.1) is 0 Å². The summed E-state index contributed by atoms with van der Waals surface area (Å²) in [5.41, 5.74) is 1.16. The maximum absolute atomic E-state index is 10.9. The van der Waals surface area contributed by atoms with E-state index in [0.29, 0.717) is 18.7 Å². The second-order valence-corrected chi connectivity index (χ2v) is 6.60. The molecule has 128 valence electrons. The van der Waals surface area contributed by atoms with E-state index in [0.717, 1.165) is 23.4 Å². The van der Waals surface area contributed by atoms with Gasteiger partial charge in [0.15, 0.2) is 0 Å². The van der Waals surface area contributed by atoms with Crippen molar-refractivity contribution in [3.05, 3.63) is 28.8 Å². The second-order valence-electron chi connectivity index (χ2n) is 6.19. The third kappa shape index (κ3) is 5.70. The zero-order valence-corrected chi connectivity index (χ0v) is 14.4. The number of hydrogen-bond donors (Lipinski definition) is 2. The molecule has 4 nitrogen and oxygen atoms in total. The molecule has 2 rings (SSSR count). The molecule has 1 saturated heterocycles. The lowest BCUT2D eigenvalue weighted by Gasteiger charge is -2.14. The lowest BCUT2D eigenvalue weighted by molar-refractivity contribution is -0.139. The molecule has 0 bridgehead atoms. The molecule has 0 amide bonds. The number of aliphatic carboxylic acids is 1. The monoisotopic (exact) mass is 339 g/mol. The summed E-state index contributed by atoms with van der Waals surface area (Å²) >= 11 is 6.34. The van der Waals surface area contributed by atoms with Crippen molar-refractivity contribution in [3.63, 3.8) is 0 Å². The van der Waals surface area contributed by atoms with Gasteiger partial charge in [0.25, 0.3) is 0 Å². The predicted octanol–water partition coefficient (Wildman–Crippen LogP) is 4.05. The van der Waals surface area contributed by atoms with Crippen LogP contribution in [-0.4, -0.2) is 29.8 Å². The summed E-state index contributed by atoms with van der Waals surface area (Å²) in [7, 11) is 0. The van der Waals surface area contributed by atoms with Crippen molar-refractivity contribution >= 4 is 17.6 Å². The number of halogens is 1. The average molecular weight is 340 g/mol. The molecule has 0 aromatic heterocycles. The molecule has 0 aliphatic carbocycles. The highest BCUT2D eigenvalue weighted by molar-refractivity contribution is 6.31. The highest BCUT2D eigenvalue weighted by Gasteiger charge is 2.30. The Labute approximate surface area is 143 Å². The minimum atomic E-state index is -0.826. The number of nitrogens with one attached hydrogen (secondary N) is 1. The van der Waals surface area contributed by atoms with Gasteiger partial charge in [-0.1, -0.05) is 50.3 Å². The minimum Gasteiger partial charge on any atom is -0.489 e. The Kier molecular flexibility index (Phi) is 7.18. The zero-order valence-electron chi connectivity index (χ0n) is 13.7. The second kappa shape index (κ2) is 9.14. The van der Waals surface area contributed by atoms with Crippen LogP contribution in [-0.2, 0) is 11.2 Å². The lowest BCUT2D eigenvalue weighted by Crippen LogP contribution is -2.30. The van der Waals surface area contributed by atoms with Crippen LogP contribution in [0.25, 0.3) is 0 Å². The van der Waals surface area contributed by atoms with Gasteiger partial charge in [-0.15, -0.1) is 0 Å². The molecule has 5 heteroatoms. The third-order valence-corrected chi connectivity index (χ3v) is 4.62. The van der Waals surface area contributed by atoms with Gasteiger partial charge in [0, 0.05) is 18.0 Å². The van der Waals surface area contributed by atoms with E-state index in [9.17, 15) is 4.79 Å². The van der Waals surface area contributed by atoms with Crippen LogP contribution in [0.5, 0.6) is 5.75 Å². The number of carboxylic acids is 1. The first-order valence-corrected chi connectivity index (χ1v) is 8.89. The Morgan fingerprint density at radius 3 is 2.78 bits per heavy atom. The van der Waals surface area contributed by atoms with E-state index < -0.39 is 12.0 Å². The fourth-order valence-corrected chi connectivity index (χ4v) is 3.16. The zero-order chi connectivity index (χ0) is 16.7. The van der Waals surface area contributed by atoms with Gasteiger partial charge in [-0.05, 0) is 30.5 Å². The quantitative estimate of drug-likeness (QED) is 0.666. The summed E-state index contributed by atoms with van der Waals surface area (Å²) in [4.78, 5) is 10.9. The van der Waals surface area contributed by atoms with Gasteiger partial charge in [-0.3, -0.25) is 4.79 Å². The lowest BCUT2D eigenvalue weighted by atomic mass is 10.1. The van der Waals surface area contributed by atoms with Gasteiger partial charge >= 0.3 is 5.97 Å². The van der Waals surface area contributed by atoms with Crippen LogP contribution in [0.15, 0.2) is 18.2 Å². The molecular formula is C18H26ClNO3. The summed E-state index contributed by atoms with van der Waals surface area (Å²) in [6.45, 7) is 2.77. The molecule has 1 unspecified atom stereocenters. The van der Waals surface area contributed by atoms with Crippen molar-refractivity contribution in [1.82, 2.24) is 5.32 Å². The molecule has 0 radical (unpaired) electrons. The van der Waals surface area contributed by atoms with E-state index in [2.05, 4.69) is 12.2 Å². The molecule has 1 aromatic rings. The normalized spacial score (nSPS) is 20.6. The van der Waals surface area contributed by atoms with Crippen LogP contribution in [0.4, 0.5) is 0 Å². The number of aryl methyl sites for hydroxylation is 1. The summed E-state index contributed by atoms with van der Waals surface area (Å²) in [5.74, 6) is -0.116. The Hall–Kier alpha value is -1.26. The standard InChI is InChI=1S/C18H26ClNO3/c1-2-3-4-5-6-7-13-8-9-14(10-16(13)19)23-15-11-17(18(21)22)20-12-15/h8-10,15,17,20H,2-7,11-12H2,1H3,(H,21,22)/t15?,17-/m0/s1. The molecule has 1 aliphatic heterocycles. The van der Waals surface area contributed by atoms with Crippen molar-refractivity contribution in [3.8, 4) is 5.75 Å². The Bertz CT molecular complexity index is 521. The molecular weight excluding hydrogens is 314 g/mol. The SMILES string of the molecule is CCCCCCCc1ccc(OC2CN[C@H](C(=O)O)C2)cc1Cl. The van der Waals surface area contributed by atoms with Crippen LogP contribution in [0.3, 0.4) is 0 Å². The van der Waals surface area contributed by atoms with Crippen LogP contribution in [0, 0.1) is 0 Å². The van der Waals surface area contributed by atoms with Gasteiger partial charge in [-0.25, -0.2) is 0 Å². The highest BCUT2D eigenvalue weighted by Crippen LogP contribution is 2.26. The Morgan fingerprint density at radius 1 is 1.35 bits per heavy atom. The molecule has 1 aliphatic rings. The topological polar surface area (TPSA) is 58.6 Å². The highest BCUT2D eigenvalue weighted by atomic mass is 35.5. The average Bonchev–Trinajstić information content (AvgIpc) is 2.98. The van der Waals surface area contributed by atoms with Crippen molar-refractivity contribution in [1.29, 1.82) is 0 Å². The molecule has 0 spiro atoms. The summed E-state index contributed by atoms with van der Waals surface area (Å²) in [6.07, 6.45) is 7.60. The van der Waals surface area contributed by atoms with Crippen LogP contribution >= 0.6 is 11.6 Å². The Balaban J connectivity index is 1.81. The van der Waals surface area contributed by atoms with Crippen LogP contribution < -0.4 is 10.1 Å². The van der Waals surface area contributed by atoms with E-state index in [1.807, 2.05) is 18.2 Å². The van der Waals surface area contributed by atoms with E-state index in [1.54, 1.807) is 0 Å². The largest absolute Gasteiger partial charge is 0.489 e. The van der Waals surface area contributed by atoms with E-state index in [1.165, 1.54) is 25.7 Å². The van der Waals surface area contributed by atoms with Gasteiger partial charge in [0.1, 0.15) is 17.9 Å². The molecule has 1 heterocycles. The number of benzene rings is 1. The molecule has 2 N–H and O–H groups in total. The summed E-state index contributed by atoms with van der Waals surface area (Å²) in [6, 6.07) is 5.28. The summed E-state index contributed by atoms with van der Waals surface area (Å²) < 4.78 is 5.84. The number of ether oxygens (including phenoxy) is 1. The number of carbonyl (C=O) groups is 1. The number of unbranched alkanes of at least 4 members (excludes halogenated alkanes) is 4. The van der Waals surface area contributed by atoms with Gasteiger partial charge in [-0.2, -0.15) is 0 Å². The molecule has 23 heavy (non-hydrogen) atoms. The summed E-state index contributed by atoms with van der Waals surface area (Å²) in [5, 5.41) is 12.6.